The Labute approximate surface area is 114 Å². The number of aromatic nitrogens is 1. The van der Waals surface area contributed by atoms with Gasteiger partial charge in [0, 0.05) is 19.0 Å². The van der Waals surface area contributed by atoms with Gasteiger partial charge in [0.15, 0.2) is 0 Å². The molecule has 0 unspecified atom stereocenters. The molecule has 0 radical (unpaired) electrons. The lowest BCUT2D eigenvalue weighted by atomic mass is 10.3. The average molecular weight is 278 g/mol. The molecule has 0 aliphatic carbocycles. The third-order valence-corrected chi connectivity index (χ3v) is 3.49. The van der Waals surface area contributed by atoms with Gasteiger partial charge < -0.3 is 10.2 Å². The summed E-state index contributed by atoms with van der Waals surface area (Å²) < 4.78 is 0. The fourth-order valence-corrected chi connectivity index (χ4v) is 2.41. The Morgan fingerprint density at radius 1 is 1.53 bits per heavy atom. The zero-order valence-corrected chi connectivity index (χ0v) is 11.5. The first-order chi connectivity index (χ1) is 9.10. The Morgan fingerprint density at radius 2 is 2.32 bits per heavy atom. The van der Waals surface area contributed by atoms with Crippen molar-refractivity contribution in [2.24, 2.45) is 0 Å². The van der Waals surface area contributed by atoms with Crippen molar-refractivity contribution in [2.45, 2.75) is 6.54 Å². The number of nitrogens with zero attached hydrogens (tertiary/aromatic N) is 3. The number of rotatable bonds is 5. The van der Waals surface area contributed by atoms with Crippen molar-refractivity contribution in [1.82, 2.24) is 4.98 Å². The van der Waals surface area contributed by atoms with E-state index in [1.807, 2.05) is 29.5 Å². The minimum absolute atomic E-state index is 0.0346. The molecule has 2 aromatic heterocycles. The fourth-order valence-electron chi connectivity index (χ4n) is 1.65. The van der Waals surface area contributed by atoms with Crippen LogP contribution in [0.3, 0.4) is 0 Å². The number of anilines is 2. The van der Waals surface area contributed by atoms with Crippen LogP contribution < -0.4 is 10.2 Å². The standard InChI is InChI=1S/C12H14N4O2S/c1-13-11-6-9(16(17)18)7-12(14-11)15(2)8-10-4-3-5-19-10/h3-7H,8H2,1-2H3,(H,13,14). The maximum absolute atomic E-state index is 10.9. The average Bonchev–Trinajstić information content (AvgIpc) is 2.90. The van der Waals surface area contributed by atoms with Crippen LogP contribution >= 0.6 is 11.3 Å². The predicted octanol–water partition coefficient (Wildman–Crippen LogP) is 2.73. The van der Waals surface area contributed by atoms with Gasteiger partial charge in [0.25, 0.3) is 5.69 Å². The minimum Gasteiger partial charge on any atom is -0.373 e. The van der Waals surface area contributed by atoms with E-state index in [1.165, 1.54) is 17.0 Å². The van der Waals surface area contributed by atoms with Crippen molar-refractivity contribution in [3.05, 3.63) is 44.6 Å². The van der Waals surface area contributed by atoms with E-state index in [9.17, 15) is 10.1 Å². The van der Waals surface area contributed by atoms with Gasteiger partial charge in [0.2, 0.25) is 0 Å². The molecular formula is C12H14N4O2S. The number of nitrogens with one attached hydrogen (secondary N) is 1. The van der Waals surface area contributed by atoms with Crippen LogP contribution in [0, 0.1) is 10.1 Å². The number of pyridine rings is 1. The molecule has 0 aliphatic heterocycles. The van der Waals surface area contributed by atoms with E-state index in [2.05, 4.69) is 10.3 Å². The predicted molar refractivity (Wildman–Crippen MR) is 76.9 cm³/mol. The molecule has 0 aromatic carbocycles. The Hall–Kier alpha value is -2.15. The van der Waals surface area contributed by atoms with Crippen molar-refractivity contribution >= 4 is 28.7 Å². The lowest BCUT2D eigenvalue weighted by Crippen LogP contribution is -2.17. The van der Waals surface area contributed by atoms with E-state index < -0.39 is 4.92 Å². The molecule has 7 heteroatoms. The summed E-state index contributed by atoms with van der Waals surface area (Å²) in [6, 6.07) is 6.90. The second-order valence-corrected chi connectivity index (χ2v) is 5.04. The molecule has 0 atom stereocenters. The van der Waals surface area contributed by atoms with Crippen molar-refractivity contribution in [3.63, 3.8) is 0 Å². The van der Waals surface area contributed by atoms with E-state index in [0.29, 0.717) is 18.2 Å². The Kier molecular flexibility index (Phi) is 3.96. The highest BCUT2D eigenvalue weighted by molar-refractivity contribution is 7.09. The maximum atomic E-state index is 10.9. The molecule has 0 aliphatic rings. The summed E-state index contributed by atoms with van der Waals surface area (Å²) >= 11 is 1.65. The Morgan fingerprint density at radius 3 is 2.89 bits per heavy atom. The van der Waals surface area contributed by atoms with E-state index in [1.54, 1.807) is 18.4 Å². The third kappa shape index (κ3) is 3.19. The second-order valence-electron chi connectivity index (χ2n) is 4.01. The van der Waals surface area contributed by atoms with Crippen LogP contribution in [-0.2, 0) is 6.54 Å². The van der Waals surface area contributed by atoms with Crippen molar-refractivity contribution in [3.8, 4) is 0 Å². The summed E-state index contributed by atoms with van der Waals surface area (Å²) in [7, 11) is 3.56. The van der Waals surface area contributed by atoms with Crippen LogP contribution in [0.15, 0.2) is 29.6 Å². The normalized spacial score (nSPS) is 10.2. The molecule has 0 bridgehead atoms. The van der Waals surface area contributed by atoms with Gasteiger partial charge in [-0.2, -0.15) is 0 Å². The van der Waals surface area contributed by atoms with Crippen LogP contribution in [0.25, 0.3) is 0 Å². The summed E-state index contributed by atoms with van der Waals surface area (Å²) in [5.74, 6) is 1.06. The van der Waals surface area contributed by atoms with Gasteiger partial charge in [-0.15, -0.1) is 11.3 Å². The lowest BCUT2D eigenvalue weighted by Gasteiger charge is -2.17. The van der Waals surface area contributed by atoms with Crippen LogP contribution in [0.4, 0.5) is 17.3 Å². The number of hydrogen-bond donors (Lipinski definition) is 1. The minimum atomic E-state index is -0.412. The van der Waals surface area contributed by atoms with E-state index >= 15 is 0 Å². The molecule has 100 valence electrons. The molecule has 0 amide bonds. The van der Waals surface area contributed by atoms with Crippen LogP contribution in [0.5, 0.6) is 0 Å². The molecule has 2 rings (SSSR count). The van der Waals surface area contributed by atoms with Gasteiger partial charge in [-0.1, -0.05) is 6.07 Å². The molecule has 1 N–H and O–H groups in total. The molecule has 6 nitrogen and oxygen atoms in total. The molecule has 0 saturated carbocycles. The molecule has 19 heavy (non-hydrogen) atoms. The van der Waals surface area contributed by atoms with Gasteiger partial charge in [0.05, 0.1) is 23.6 Å². The number of hydrogen-bond acceptors (Lipinski definition) is 6. The molecule has 0 fully saturated rings. The highest BCUT2D eigenvalue weighted by Gasteiger charge is 2.13. The number of thiophene rings is 1. The topological polar surface area (TPSA) is 71.3 Å². The van der Waals surface area contributed by atoms with Gasteiger partial charge in [-0.3, -0.25) is 10.1 Å². The maximum Gasteiger partial charge on any atom is 0.276 e. The summed E-state index contributed by atoms with van der Waals surface area (Å²) in [5, 5.41) is 15.7. The molecular weight excluding hydrogens is 264 g/mol. The lowest BCUT2D eigenvalue weighted by molar-refractivity contribution is -0.384. The van der Waals surface area contributed by atoms with Crippen LogP contribution in [0.2, 0.25) is 0 Å². The van der Waals surface area contributed by atoms with E-state index in [4.69, 9.17) is 0 Å². The third-order valence-electron chi connectivity index (χ3n) is 2.63. The van der Waals surface area contributed by atoms with Crippen LogP contribution in [0.1, 0.15) is 4.88 Å². The Balaban J connectivity index is 2.27. The molecule has 2 aromatic rings. The zero-order chi connectivity index (χ0) is 13.8. The largest absolute Gasteiger partial charge is 0.373 e. The molecule has 2 heterocycles. The van der Waals surface area contributed by atoms with Crippen molar-refractivity contribution < 1.29 is 4.92 Å². The quantitative estimate of drug-likeness (QED) is 0.672. The van der Waals surface area contributed by atoms with Gasteiger partial charge in [-0.25, -0.2) is 4.98 Å². The highest BCUT2D eigenvalue weighted by Crippen LogP contribution is 2.24. The second kappa shape index (κ2) is 5.66. The molecule has 0 spiro atoms. The van der Waals surface area contributed by atoms with Gasteiger partial charge >= 0.3 is 0 Å². The van der Waals surface area contributed by atoms with Crippen molar-refractivity contribution in [2.75, 3.05) is 24.3 Å². The first-order valence-corrected chi connectivity index (χ1v) is 6.56. The zero-order valence-electron chi connectivity index (χ0n) is 10.7. The first-order valence-electron chi connectivity index (χ1n) is 5.68. The smallest absolute Gasteiger partial charge is 0.276 e. The summed E-state index contributed by atoms with van der Waals surface area (Å²) in [6.07, 6.45) is 0. The first kappa shape index (κ1) is 13.3. The van der Waals surface area contributed by atoms with Crippen molar-refractivity contribution in [1.29, 1.82) is 0 Å². The summed E-state index contributed by atoms with van der Waals surface area (Å²) in [6.45, 7) is 0.676. The monoisotopic (exact) mass is 278 g/mol. The van der Waals surface area contributed by atoms with Gasteiger partial charge in [0.1, 0.15) is 11.6 Å². The van der Waals surface area contributed by atoms with E-state index in [-0.39, 0.29) is 5.69 Å². The fraction of sp³-hybridized carbons (Fsp3) is 0.250. The number of nitro groups is 1. The van der Waals surface area contributed by atoms with E-state index in [0.717, 1.165) is 0 Å². The van der Waals surface area contributed by atoms with Crippen LogP contribution in [-0.4, -0.2) is 24.0 Å². The summed E-state index contributed by atoms with van der Waals surface area (Å²) in [5.41, 5.74) is 0.0346. The van der Waals surface area contributed by atoms with Gasteiger partial charge in [-0.05, 0) is 11.4 Å². The molecule has 0 saturated heterocycles. The SMILES string of the molecule is CNc1cc([N+](=O)[O-])cc(N(C)Cc2cccs2)n1. The summed E-state index contributed by atoms with van der Waals surface area (Å²) in [4.78, 5) is 17.9. The Bertz CT molecular complexity index is 571. The highest BCUT2D eigenvalue weighted by atomic mass is 32.1.